The maximum absolute atomic E-state index is 11.5. The van der Waals surface area contributed by atoms with Crippen LogP contribution in [0.3, 0.4) is 0 Å². The first-order valence-corrected chi connectivity index (χ1v) is 7.65. The molecule has 7 heteroatoms. The molecule has 0 unspecified atom stereocenters. The van der Waals surface area contributed by atoms with Crippen LogP contribution in [0, 0.1) is 0 Å². The van der Waals surface area contributed by atoms with Crippen molar-refractivity contribution in [3.05, 3.63) is 17.7 Å². The van der Waals surface area contributed by atoms with Gasteiger partial charge in [0.15, 0.2) is 11.5 Å². The number of benzene rings is 1. The van der Waals surface area contributed by atoms with E-state index in [1.165, 1.54) is 0 Å². The average Bonchev–Trinajstić information content (AvgIpc) is 2.56. The van der Waals surface area contributed by atoms with Gasteiger partial charge in [0.25, 0.3) is 5.91 Å². The molecule has 0 saturated carbocycles. The van der Waals surface area contributed by atoms with Crippen LogP contribution in [0.25, 0.3) is 0 Å². The van der Waals surface area contributed by atoms with Crippen molar-refractivity contribution < 1.29 is 23.8 Å². The van der Waals surface area contributed by atoms with Crippen LogP contribution in [-0.2, 0) is 20.7 Å². The molecule has 1 N–H and O–H groups in total. The summed E-state index contributed by atoms with van der Waals surface area (Å²) in [6.45, 7) is 4.65. The van der Waals surface area contributed by atoms with Crippen molar-refractivity contribution in [2.75, 3.05) is 51.9 Å². The number of Topliss-reactive ketones (excluding diaryl/α,β-unsaturated/α-hetero) is 1. The monoisotopic (exact) mass is 320 g/mol. The molecular formula is C16H20N2O5. The summed E-state index contributed by atoms with van der Waals surface area (Å²) in [7, 11) is 1.55. The second-order valence-electron chi connectivity index (χ2n) is 5.52. The molecule has 23 heavy (non-hydrogen) atoms. The molecule has 1 saturated heterocycles. The SMILES string of the molecule is COc1cc2c(cc1OCCN1CCOCC1)CC(=O)C(=O)N2. The molecule has 2 aliphatic heterocycles. The molecular weight excluding hydrogens is 300 g/mol. The Morgan fingerprint density at radius 1 is 1.22 bits per heavy atom. The lowest BCUT2D eigenvalue weighted by molar-refractivity contribution is -0.134. The number of amides is 1. The molecule has 1 fully saturated rings. The van der Waals surface area contributed by atoms with Gasteiger partial charge in [-0.2, -0.15) is 0 Å². The molecule has 0 aliphatic carbocycles. The minimum atomic E-state index is -0.583. The van der Waals surface area contributed by atoms with Gasteiger partial charge in [0, 0.05) is 37.8 Å². The fraction of sp³-hybridized carbons (Fsp3) is 0.500. The molecule has 0 atom stereocenters. The molecule has 7 nitrogen and oxygen atoms in total. The summed E-state index contributed by atoms with van der Waals surface area (Å²) in [6.07, 6.45) is 0.0883. The minimum absolute atomic E-state index is 0.0883. The number of anilines is 1. The molecule has 124 valence electrons. The van der Waals surface area contributed by atoms with Crippen molar-refractivity contribution >= 4 is 17.4 Å². The van der Waals surface area contributed by atoms with E-state index in [1.807, 2.05) is 0 Å². The van der Waals surface area contributed by atoms with E-state index in [-0.39, 0.29) is 6.42 Å². The predicted octanol–water partition coefficient (Wildman–Crippen LogP) is 0.470. The number of rotatable bonds is 5. The number of morpholine rings is 1. The average molecular weight is 320 g/mol. The number of hydrogen-bond acceptors (Lipinski definition) is 6. The van der Waals surface area contributed by atoms with E-state index in [2.05, 4.69) is 10.2 Å². The molecule has 0 spiro atoms. The van der Waals surface area contributed by atoms with E-state index in [9.17, 15) is 9.59 Å². The van der Waals surface area contributed by atoms with Crippen molar-refractivity contribution in [3.8, 4) is 11.5 Å². The highest BCUT2D eigenvalue weighted by atomic mass is 16.5. The molecule has 1 aromatic rings. The maximum Gasteiger partial charge on any atom is 0.292 e. The lowest BCUT2D eigenvalue weighted by Gasteiger charge is -2.26. The normalized spacial score (nSPS) is 18.3. The van der Waals surface area contributed by atoms with Gasteiger partial charge in [-0.15, -0.1) is 0 Å². The standard InChI is InChI=1S/C16H20N2O5/c1-21-14-10-12-11(8-13(19)16(20)17-12)9-15(14)23-7-4-18-2-5-22-6-3-18/h9-10H,2-8H2,1H3,(H,17,20). The van der Waals surface area contributed by atoms with Gasteiger partial charge >= 0.3 is 0 Å². The smallest absolute Gasteiger partial charge is 0.292 e. The van der Waals surface area contributed by atoms with Gasteiger partial charge in [0.2, 0.25) is 5.78 Å². The highest BCUT2D eigenvalue weighted by Crippen LogP contribution is 2.35. The number of carbonyl (C=O) groups is 2. The summed E-state index contributed by atoms with van der Waals surface area (Å²) in [5, 5.41) is 2.57. The zero-order valence-electron chi connectivity index (χ0n) is 13.1. The van der Waals surface area contributed by atoms with E-state index >= 15 is 0 Å². The van der Waals surface area contributed by atoms with Crippen LogP contribution in [0.15, 0.2) is 12.1 Å². The third kappa shape index (κ3) is 3.62. The van der Waals surface area contributed by atoms with E-state index < -0.39 is 11.7 Å². The molecule has 0 aromatic heterocycles. The van der Waals surface area contributed by atoms with E-state index in [0.29, 0.717) is 23.8 Å². The summed E-state index contributed by atoms with van der Waals surface area (Å²) in [6, 6.07) is 3.47. The number of ketones is 1. The number of fused-ring (bicyclic) bond motifs is 1. The summed E-state index contributed by atoms with van der Waals surface area (Å²) in [5.41, 5.74) is 1.35. The Labute approximate surface area is 134 Å². The minimum Gasteiger partial charge on any atom is -0.493 e. The van der Waals surface area contributed by atoms with Crippen LogP contribution < -0.4 is 14.8 Å². The van der Waals surface area contributed by atoms with E-state index in [0.717, 1.165) is 38.4 Å². The van der Waals surface area contributed by atoms with Gasteiger partial charge in [0.1, 0.15) is 6.61 Å². The van der Waals surface area contributed by atoms with Crippen molar-refractivity contribution in [1.29, 1.82) is 0 Å². The molecule has 0 radical (unpaired) electrons. The lowest BCUT2D eigenvalue weighted by Crippen LogP contribution is -2.38. The second-order valence-corrected chi connectivity index (χ2v) is 5.52. The second kappa shape index (κ2) is 6.97. The Bertz CT molecular complexity index is 611. The molecule has 3 rings (SSSR count). The van der Waals surface area contributed by atoms with Crippen LogP contribution in [-0.4, -0.2) is 63.2 Å². The van der Waals surface area contributed by atoms with Crippen molar-refractivity contribution in [2.24, 2.45) is 0 Å². The molecule has 2 aliphatic rings. The Morgan fingerprint density at radius 2 is 2.00 bits per heavy atom. The highest BCUT2D eigenvalue weighted by molar-refractivity contribution is 6.42. The highest BCUT2D eigenvalue weighted by Gasteiger charge is 2.25. The Kier molecular flexibility index (Phi) is 4.78. The van der Waals surface area contributed by atoms with Crippen molar-refractivity contribution in [1.82, 2.24) is 4.90 Å². The van der Waals surface area contributed by atoms with Gasteiger partial charge in [-0.25, -0.2) is 0 Å². The maximum atomic E-state index is 11.5. The number of carbonyl (C=O) groups excluding carboxylic acids is 2. The van der Waals surface area contributed by atoms with Crippen LogP contribution in [0.5, 0.6) is 11.5 Å². The topological polar surface area (TPSA) is 77.1 Å². The summed E-state index contributed by atoms with van der Waals surface area (Å²) in [5.74, 6) is 0.103. The zero-order valence-corrected chi connectivity index (χ0v) is 13.1. The first kappa shape index (κ1) is 15.8. The summed E-state index contributed by atoms with van der Waals surface area (Å²) >= 11 is 0. The fourth-order valence-electron chi connectivity index (χ4n) is 2.69. The quantitative estimate of drug-likeness (QED) is 0.795. The van der Waals surface area contributed by atoms with Crippen LogP contribution in [0.4, 0.5) is 5.69 Å². The molecule has 1 amide bonds. The van der Waals surface area contributed by atoms with Gasteiger partial charge in [-0.05, 0) is 11.6 Å². The third-order valence-electron chi connectivity index (χ3n) is 4.01. The third-order valence-corrected chi connectivity index (χ3v) is 4.01. The number of hydrogen-bond donors (Lipinski definition) is 1. The van der Waals surface area contributed by atoms with Gasteiger partial charge < -0.3 is 19.5 Å². The Balaban J connectivity index is 1.67. The van der Waals surface area contributed by atoms with Crippen LogP contribution in [0.2, 0.25) is 0 Å². The zero-order chi connectivity index (χ0) is 16.2. The van der Waals surface area contributed by atoms with Crippen molar-refractivity contribution in [3.63, 3.8) is 0 Å². The molecule has 2 heterocycles. The summed E-state index contributed by atoms with van der Waals surface area (Å²) < 4.78 is 16.5. The van der Waals surface area contributed by atoms with Crippen LogP contribution >= 0.6 is 0 Å². The number of methoxy groups -OCH3 is 1. The van der Waals surface area contributed by atoms with Gasteiger partial charge in [0.05, 0.1) is 20.3 Å². The Hall–Kier alpha value is -2.12. The van der Waals surface area contributed by atoms with Crippen molar-refractivity contribution in [2.45, 2.75) is 6.42 Å². The predicted molar refractivity (Wildman–Crippen MR) is 83.1 cm³/mol. The van der Waals surface area contributed by atoms with Crippen LogP contribution in [0.1, 0.15) is 5.56 Å². The molecule has 1 aromatic carbocycles. The van der Waals surface area contributed by atoms with E-state index in [4.69, 9.17) is 14.2 Å². The Morgan fingerprint density at radius 3 is 2.74 bits per heavy atom. The largest absolute Gasteiger partial charge is 0.493 e. The first-order valence-electron chi connectivity index (χ1n) is 7.65. The molecule has 0 bridgehead atoms. The van der Waals surface area contributed by atoms with Gasteiger partial charge in [-0.1, -0.05) is 0 Å². The number of nitrogens with one attached hydrogen (secondary N) is 1. The number of ether oxygens (including phenoxy) is 3. The lowest BCUT2D eigenvalue weighted by atomic mass is 10.0. The van der Waals surface area contributed by atoms with E-state index in [1.54, 1.807) is 19.2 Å². The first-order chi connectivity index (χ1) is 11.2. The summed E-state index contributed by atoms with van der Waals surface area (Å²) in [4.78, 5) is 25.3. The number of nitrogens with zero attached hydrogens (tertiary/aromatic N) is 1. The van der Waals surface area contributed by atoms with Gasteiger partial charge in [-0.3, -0.25) is 14.5 Å². The fourth-order valence-corrected chi connectivity index (χ4v) is 2.69.